The van der Waals surface area contributed by atoms with Crippen molar-refractivity contribution in [3.8, 4) is 0 Å². The highest BCUT2D eigenvalue weighted by atomic mass is 32.7. The number of nitrogens with two attached hydrogens (primary N) is 2. The third-order valence-electron chi connectivity index (χ3n) is 7.97. The molecular weight excluding hydrogens is 722 g/mol. The number of aromatic amines is 1. The van der Waals surface area contributed by atoms with E-state index in [1.165, 1.54) is 28.1 Å². The van der Waals surface area contributed by atoms with E-state index in [1.54, 1.807) is 0 Å². The van der Waals surface area contributed by atoms with Crippen molar-refractivity contribution < 1.29 is 42.1 Å². The van der Waals surface area contributed by atoms with Crippen molar-refractivity contribution in [3.05, 3.63) is 29.3 Å². The maximum absolute atomic E-state index is 13.6. The van der Waals surface area contributed by atoms with Crippen LogP contribution in [-0.2, 0) is 43.9 Å². The summed E-state index contributed by atoms with van der Waals surface area (Å²) in [7, 11) is 0. The molecule has 4 aromatic rings. The molecule has 7 rings (SSSR count). The molecule has 4 unspecified atom stereocenters. The van der Waals surface area contributed by atoms with E-state index in [2.05, 4.69) is 54.8 Å². The minimum Gasteiger partial charge on any atom is -0.386 e. The lowest BCUT2D eigenvalue weighted by molar-refractivity contribution is -0.0593. The molecule has 0 saturated carbocycles. The van der Waals surface area contributed by atoms with Crippen LogP contribution in [0.15, 0.2) is 23.8 Å². The average molecular weight is 751 g/mol. The molecule has 47 heavy (non-hydrogen) atoms. The number of hydrogen-bond donors (Lipinski definition) is 7. The van der Waals surface area contributed by atoms with Gasteiger partial charge in [-0.05, 0) is 24.0 Å². The molecule has 0 aliphatic carbocycles. The van der Waals surface area contributed by atoms with E-state index in [-0.39, 0.29) is 40.7 Å². The minimum atomic E-state index is -4.25. The molecule has 10 atom stereocenters. The van der Waals surface area contributed by atoms with Gasteiger partial charge >= 0.3 is 13.5 Å². The molecule has 25 heteroatoms. The lowest BCUT2D eigenvalue weighted by Crippen LogP contribution is -2.36. The van der Waals surface area contributed by atoms with Crippen molar-refractivity contribution in [2.24, 2.45) is 5.92 Å². The Hall–Kier alpha value is -2.24. The first-order valence-electron chi connectivity index (χ1n) is 13.9. The Balaban J connectivity index is 1.23. The monoisotopic (exact) mass is 750 g/mol. The van der Waals surface area contributed by atoms with Gasteiger partial charge in [0.2, 0.25) is 5.95 Å². The van der Waals surface area contributed by atoms with Crippen molar-refractivity contribution >= 4 is 84.3 Å². The molecule has 3 fully saturated rings. The predicted molar refractivity (Wildman–Crippen MR) is 173 cm³/mol. The van der Waals surface area contributed by atoms with Gasteiger partial charge in [-0.2, -0.15) is 17.6 Å². The molecule has 254 valence electrons. The Bertz CT molecular complexity index is 1980. The zero-order valence-corrected chi connectivity index (χ0v) is 28.2. The van der Waals surface area contributed by atoms with Crippen molar-refractivity contribution in [1.82, 2.24) is 39.0 Å². The van der Waals surface area contributed by atoms with Crippen molar-refractivity contribution in [1.29, 1.82) is 0 Å². The van der Waals surface area contributed by atoms with Crippen molar-refractivity contribution in [3.63, 3.8) is 0 Å². The summed E-state index contributed by atoms with van der Waals surface area (Å²) < 4.78 is 52.1. The molecule has 0 aromatic carbocycles. The fourth-order valence-corrected chi connectivity index (χ4v) is 9.13. The first kappa shape index (κ1) is 33.3. The van der Waals surface area contributed by atoms with Crippen LogP contribution in [0.4, 0.5) is 11.8 Å². The molecule has 3 aliphatic heterocycles. The number of H-pyrrole nitrogens is 1. The van der Waals surface area contributed by atoms with E-state index in [4.69, 9.17) is 50.8 Å². The second-order valence-electron chi connectivity index (χ2n) is 10.8. The number of hydrogen-bond acceptors (Lipinski definition) is 18. The number of aliphatic hydroxyl groups is 1. The Morgan fingerprint density at radius 3 is 2.47 bits per heavy atom. The number of nitrogens with zero attached hydrogens (tertiary/aromatic N) is 7. The van der Waals surface area contributed by atoms with Crippen LogP contribution in [0.3, 0.4) is 0 Å². The number of rotatable bonds is 4. The summed E-state index contributed by atoms with van der Waals surface area (Å²) >= 11 is 14.0. The fourth-order valence-electron chi connectivity index (χ4n) is 5.90. The summed E-state index contributed by atoms with van der Waals surface area (Å²) in [6, 6.07) is 0. The van der Waals surface area contributed by atoms with Crippen LogP contribution in [-0.4, -0.2) is 98.5 Å². The van der Waals surface area contributed by atoms with Gasteiger partial charge in [0.05, 0.1) is 32.0 Å². The van der Waals surface area contributed by atoms with Gasteiger partial charge < -0.3 is 40.0 Å². The SMILES string of the molecule is Nc1nc2c(ncn2[C@@H]2O[C@@H]3COP(=O)(S)O[C@@H]4C(O)[C@H](n5cnc6c(N)ncnc65)O[C@@H]4COP(O)(=S)O[C@H]2C3CCS)c(=O)[nH]1. The number of imidazole rings is 2. The molecule has 4 aromatic heterocycles. The maximum atomic E-state index is 13.6. The minimum absolute atomic E-state index is 0.0216. The first-order valence-corrected chi connectivity index (χ1v) is 19.8. The second kappa shape index (κ2) is 12.6. The summed E-state index contributed by atoms with van der Waals surface area (Å²) in [5, 5.41) is 11.4. The predicted octanol–water partition coefficient (Wildman–Crippen LogP) is 0.288. The largest absolute Gasteiger partial charge is 0.386 e. The molecule has 3 aliphatic rings. The number of nitrogen functional groups attached to an aromatic ring is 2. The number of aromatic nitrogens is 8. The Kier molecular flexibility index (Phi) is 8.90. The lowest BCUT2D eigenvalue weighted by atomic mass is 9.95. The highest BCUT2D eigenvalue weighted by molar-refractivity contribution is 8.44. The molecule has 3 saturated heterocycles. The second-order valence-corrected chi connectivity index (χ2v) is 16.9. The molecule has 2 bridgehead atoms. The average Bonchev–Trinajstić information content (AvgIpc) is 3.76. The van der Waals surface area contributed by atoms with E-state index in [0.29, 0.717) is 12.2 Å². The normalized spacial score (nSPS) is 36.6. The Labute approximate surface area is 279 Å². The number of ether oxygens (including phenoxy) is 2. The molecule has 0 amide bonds. The molecule has 7 N–H and O–H groups in total. The summed E-state index contributed by atoms with van der Waals surface area (Å²) in [5.41, 5.74) is 11.7. The number of nitrogens with one attached hydrogen (secondary N) is 1. The summed E-state index contributed by atoms with van der Waals surface area (Å²) in [4.78, 5) is 46.8. The van der Waals surface area contributed by atoms with Crippen LogP contribution < -0.4 is 17.0 Å². The number of aliphatic hydroxyl groups excluding tert-OH is 1. The highest BCUT2D eigenvalue weighted by Crippen LogP contribution is 2.59. The molecule has 0 radical (unpaired) electrons. The summed E-state index contributed by atoms with van der Waals surface area (Å²) in [5.74, 6) is -0.280. The smallest absolute Gasteiger partial charge is 0.386 e. The van der Waals surface area contributed by atoms with E-state index in [9.17, 15) is 19.4 Å². The van der Waals surface area contributed by atoms with E-state index in [0.717, 1.165) is 0 Å². The highest BCUT2D eigenvalue weighted by Gasteiger charge is 2.53. The van der Waals surface area contributed by atoms with Gasteiger partial charge in [-0.25, -0.2) is 24.5 Å². The molecule has 20 nitrogen and oxygen atoms in total. The molecule has 0 spiro atoms. The van der Waals surface area contributed by atoms with E-state index >= 15 is 0 Å². The van der Waals surface area contributed by atoms with Crippen LogP contribution in [0.2, 0.25) is 0 Å². The van der Waals surface area contributed by atoms with Gasteiger partial charge in [0.1, 0.15) is 36.3 Å². The molecular formula is C22H28N10O10P2S3. The van der Waals surface area contributed by atoms with Crippen molar-refractivity contribution in [2.45, 2.75) is 49.4 Å². The van der Waals surface area contributed by atoms with E-state index < -0.39 is 74.6 Å². The van der Waals surface area contributed by atoms with Crippen LogP contribution in [0, 0.1) is 5.92 Å². The topological polar surface area (TPSA) is 272 Å². The van der Waals surface area contributed by atoms with Crippen molar-refractivity contribution in [2.75, 3.05) is 30.4 Å². The standard InChI is InChI=1S/C22H28N10O10P2S3/c23-16-11-17(26-5-25-16)31(6-27-11)20-13(33)15-10(40-20)4-38-43(35,46)41-14-8(1-2-45)9(3-37-44(36,47)42-15)39-21(14)32-7-28-12-18(32)29-22(24)30-19(12)34/h5-10,13-15,20-21,33,45H,1-4H2,(H,35,46)(H,36,47)(H2,23,25,26)(H3,24,29,30,34)/t8?,9-,10-,13?,14+,15+,20-,21-,43?,44?/m1/s1. The first-order chi connectivity index (χ1) is 22.4. The maximum Gasteiger partial charge on any atom is 0.386 e. The third-order valence-corrected chi connectivity index (χ3v) is 11.4. The van der Waals surface area contributed by atoms with Gasteiger partial charge in [0.25, 0.3) is 5.56 Å². The quantitative estimate of drug-likeness (QED) is 0.109. The summed E-state index contributed by atoms with van der Waals surface area (Å²) in [6.07, 6.45) is -3.96. The lowest BCUT2D eigenvalue weighted by Gasteiger charge is -2.28. The van der Waals surface area contributed by atoms with Crippen LogP contribution >= 0.6 is 38.4 Å². The van der Waals surface area contributed by atoms with Gasteiger partial charge in [-0.3, -0.25) is 28.0 Å². The van der Waals surface area contributed by atoms with Gasteiger partial charge in [0.15, 0.2) is 35.1 Å². The van der Waals surface area contributed by atoms with Crippen LogP contribution in [0.25, 0.3) is 22.3 Å². The fraction of sp³-hybridized carbons (Fsp3) is 0.545. The number of thiol groups is 2. The molecule has 7 heterocycles. The Morgan fingerprint density at radius 2 is 1.70 bits per heavy atom. The van der Waals surface area contributed by atoms with E-state index in [1.807, 2.05) is 0 Å². The van der Waals surface area contributed by atoms with Gasteiger partial charge in [-0.1, -0.05) is 12.2 Å². The third kappa shape index (κ3) is 6.22. The zero-order chi connectivity index (χ0) is 33.2. The zero-order valence-electron chi connectivity index (χ0n) is 23.8. The summed E-state index contributed by atoms with van der Waals surface area (Å²) in [6.45, 7) is -9.19. The number of anilines is 2. The van der Waals surface area contributed by atoms with Gasteiger partial charge in [-0.15, -0.1) is 0 Å². The van der Waals surface area contributed by atoms with Crippen LogP contribution in [0.1, 0.15) is 18.9 Å². The van der Waals surface area contributed by atoms with Crippen LogP contribution in [0.5, 0.6) is 0 Å². The van der Waals surface area contributed by atoms with Gasteiger partial charge in [0, 0.05) is 5.92 Å². The Morgan fingerprint density at radius 1 is 1.00 bits per heavy atom. The number of fused-ring (bicyclic) bond motifs is 5.